The van der Waals surface area contributed by atoms with Crippen molar-refractivity contribution in [2.45, 2.75) is 26.4 Å². The van der Waals surface area contributed by atoms with Gasteiger partial charge in [-0.15, -0.1) is 0 Å². The van der Waals surface area contributed by atoms with E-state index in [1.165, 1.54) is 0 Å². The van der Waals surface area contributed by atoms with Gasteiger partial charge in [-0.1, -0.05) is 0 Å². The second kappa shape index (κ2) is 6.74. The highest BCUT2D eigenvalue weighted by molar-refractivity contribution is 5.74. The summed E-state index contributed by atoms with van der Waals surface area (Å²) in [6.45, 7) is 6.22. The summed E-state index contributed by atoms with van der Waals surface area (Å²) in [7, 11) is 4.15. The van der Waals surface area contributed by atoms with E-state index in [2.05, 4.69) is 29.4 Å². The Kier molecular flexibility index (Phi) is 5.00. The molecule has 2 rings (SSSR count). The van der Waals surface area contributed by atoms with Crippen molar-refractivity contribution in [2.24, 2.45) is 5.92 Å². The van der Waals surface area contributed by atoms with Gasteiger partial charge in [0.2, 0.25) is 0 Å². The number of urea groups is 1. The average Bonchev–Trinajstić information content (AvgIpc) is 3.04. The number of nitrogens with one attached hydrogen (secondary N) is 1. The third-order valence-corrected chi connectivity index (χ3v) is 3.65. The molecule has 1 aromatic heterocycles. The molecule has 112 valence electrons. The number of likely N-dealkylation sites (tertiary alicyclic amines) is 1. The fraction of sp³-hybridized carbons (Fsp3) is 0.714. The summed E-state index contributed by atoms with van der Waals surface area (Å²) in [5.41, 5.74) is 1.05. The minimum Gasteiger partial charge on any atom is -0.334 e. The first-order valence-corrected chi connectivity index (χ1v) is 7.27. The number of nitrogens with zero attached hydrogens (tertiary/aromatic N) is 4. The van der Waals surface area contributed by atoms with E-state index in [0.29, 0.717) is 12.5 Å². The normalized spacial score (nSPS) is 18.8. The third-order valence-electron chi connectivity index (χ3n) is 3.65. The minimum absolute atomic E-state index is 0.0375. The Morgan fingerprint density at radius 1 is 1.55 bits per heavy atom. The van der Waals surface area contributed by atoms with Gasteiger partial charge in [-0.2, -0.15) is 5.10 Å². The third kappa shape index (κ3) is 3.96. The Labute approximate surface area is 120 Å². The fourth-order valence-corrected chi connectivity index (χ4v) is 2.64. The highest BCUT2D eigenvalue weighted by Gasteiger charge is 2.26. The molecule has 1 N–H and O–H groups in total. The van der Waals surface area contributed by atoms with Crippen LogP contribution < -0.4 is 5.32 Å². The molecule has 1 aromatic rings. The van der Waals surface area contributed by atoms with Crippen LogP contribution in [0.2, 0.25) is 0 Å². The highest BCUT2D eigenvalue weighted by atomic mass is 16.2. The molecule has 2 amide bonds. The van der Waals surface area contributed by atoms with Gasteiger partial charge in [0, 0.05) is 44.5 Å². The van der Waals surface area contributed by atoms with Crippen molar-refractivity contribution < 1.29 is 4.79 Å². The molecule has 1 aliphatic rings. The zero-order valence-corrected chi connectivity index (χ0v) is 12.7. The Morgan fingerprint density at radius 2 is 2.35 bits per heavy atom. The van der Waals surface area contributed by atoms with Gasteiger partial charge in [-0.25, -0.2) is 4.79 Å². The van der Waals surface area contributed by atoms with Crippen LogP contribution in [0.5, 0.6) is 0 Å². The Balaban J connectivity index is 1.75. The van der Waals surface area contributed by atoms with Crippen LogP contribution in [0, 0.1) is 5.92 Å². The predicted octanol–water partition coefficient (Wildman–Crippen LogP) is 0.996. The van der Waals surface area contributed by atoms with Gasteiger partial charge < -0.3 is 15.1 Å². The fourth-order valence-electron chi connectivity index (χ4n) is 2.64. The maximum atomic E-state index is 12.1. The molecular weight excluding hydrogens is 254 g/mol. The average molecular weight is 279 g/mol. The van der Waals surface area contributed by atoms with Gasteiger partial charge in [0.05, 0.1) is 6.20 Å². The van der Waals surface area contributed by atoms with E-state index in [1.807, 2.05) is 28.9 Å². The molecule has 0 aromatic carbocycles. The lowest BCUT2D eigenvalue weighted by Gasteiger charge is -2.18. The van der Waals surface area contributed by atoms with E-state index in [9.17, 15) is 4.79 Å². The number of carbonyl (C=O) groups is 1. The molecule has 0 radical (unpaired) electrons. The summed E-state index contributed by atoms with van der Waals surface area (Å²) in [6.07, 6.45) is 4.88. The lowest BCUT2D eigenvalue weighted by atomic mass is 10.1. The molecule has 6 nitrogen and oxygen atoms in total. The number of amides is 2. The molecular formula is C14H25N5O. The van der Waals surface area contributed by atoms with E-state index in [-0.39, 0.29) is 6.03 Å². The lowest BCUT2D eigenvalue weighted by Crippen LogP contribution is -2.38. The summed E-state index contributed by atoms with van der Waals surface area (Å²) in [6, 6.07) is 0.0375. The van der Waals surface area contributed by atoms with Gasteiger partial charge in [0.25, 0.3) is 0 Å². The van der Waals surface area contributed by atoms with E-state index in [4.69, 9.17) is 0 Å². The van der Waals surface area contributed by atoms with E-state index >= 15 is 0 Å². The van der Waals surface area contributed by atoms with Crippen molar-refractivity contribution >= 4 is 6.03 Å². The number of carbonyl (C=O) groups excluding carboxylic acids is 1. The Morgan fingerprint density at radius 3 is 3.00 bits per heavy atom. The molecule has 1 atom stereocenters. The van der Waals surface area contributed by atoms with E-state index in [1.54, 1.807) is 0 Å². The van der Waals surface area contributed by atoms with Crippen LogP contribution in [0.25, 0.3) is 0 Å². The van der Waals surface area contributed by atoms with Gasteiger partial charge in [0.15, 0.2) is 0 Å². The Bertz CT molecular complexity index is 443. The lowest BCUT2D eigenvalue weighted by molar-refractivity contribution is 0.205. The van der Waals surface area contributed by atoms with Gasteiger partial charge in [-0.3, -0.25) is 4.68 Å². The van der Waals surface area contributed by atoms with Gasteiger partial charge in [0.1, 0.15) is 0 Å². The minimum atomic E-state index is 0.0375. The summed E-state index contributed by atoms with van der Waals surface area (Å²) < 4.78 is 1.87. The molecule has 1 aliphatic heterocycles. The second-order valence-electron chi connectivity index (χ2n) is 5.73. The number of hydrogen-bond donors (Lipinski definition) is 1. The Hall–Kier alpha value is -1.56. The van der Waals surface area contributed by atoms with Gasteiger partial charge >= 0.3 is 6.03 Å². The molecule has 2 heterocycles. The van der Waals surface area contributed by atoms with E-state index < -0.39 is 0 Å². The summed E-state index contributed by atoms with van der Waals surface area (Å²) in [5.74, 6) is 0.596. The summed E-state index contributed by atoms with van der Waals surface area (Å²) in [5, 5.41) is 7.17. The first-order chi connectivity index (χ1) is 9.58. The van der Waals surface area contributed by atoms with Crippen LogP contribution in [-0.4, -0.2) is 59.3 Å². The first kappa shape index (κ1) is 14.8. The molecule has 0 aliphatic carbocycles. The standard InChI is InChI=1S/C14H25N5O/c1-4-19-11-13(8-16-19)7-15-14(20)18-6-5-12(10-18)9-17(2)3/h8,11-12H,4-7,9-10H2,1-3H3,(H,15,20). The maximum absolute atomic E-state index is 12.1. The van der Waals surface area contributed by atoms with Crippen molar-refractivity contribution in [2.75, 3.05) is 33.7 Å². The topological polar surface area (TPSA) is 53.4 Å². The summed E-state index contributed by atoms with van der Waals surface area (Å²) >= 11 is 0. The zero-order chi connectivity index (χ0) is 14.5. The molecule has 1 fully saturated rings. The molecule has 0 spiro atoms. The smallest absolute Gasteiger partial charge is 0.317 e. The van der Waals surface area contributed by atoms with Crippen molar-refractivity contribution in [1.29, 1.82) is 0 Å². The number of hydrogen-bond acceptors (Lipinski definition) is 3. The predicted molar refractivity (Wildman–Crippen MR) is 78.4 cm³/mol. The molecule has 0 saturated carbocycles. The van der Waals surface area contributed by atoms with Crippen LogP contribution in [0.4, 0.5) is 4.79 Å². The van der Waals surface area contributed by atoms with Crippen LogP contribution >= 0.6 is 0 Å². The van der Waals surface area contributed by atoms with Crippen molar-refractivity contribution in [3.05, 3.63) is 18.0 Å². The first-order valence-electron chi connectivity index (χ1n) is 7.27. The summed E-state index contributed by atoms with van der Waals surface area (Å²) in [4.78, 5) is 16.2. The van der Waals surface area contributed by atoms with Gasteiger partial charge in [-0.05, 0) is 33.4 Å². The number of aryl methyl sites for hydroxylation is 1. The second-order valence-corrected chi connectivity index (χ2v) is 5.73. The number of aromatic nitrogens is 2. The van der Waals surface area contributed by atoms with Crippen LogP contribution in [-0.2, 0) is 13.1 Å². The highest BCUT2D eigenvalue weighted by Crippen LogP contribution is 2.16. The zero-order valence-electron chi connectivity index (χ0n) is 12.7. The molecule has 6 heteroatoms. The van der Waals surface area contributed by atoms with Crippen LogP contribution in [0.3, 0.4) is 0 Å². The number of rotatable bonds is 5. The molecule has 20 heavy (non-hydrogen) atoms. The monoisotopic (exact) mass is 279 g/mol. The molecule has 1 unspecified atom stereocenters. The van der Waals surface area contributed by atoms with Crippen molar-refractivity contribution in [3.8, 4) is 0 Å². The SMILES string of the molecule is CCn1cc(CNC(=O)N2CCC(CN(C)C)C2)cn1. The molecule has 0 bridgehead atoms. The maximum Gasteiger partial charge on any atom is 0.317 e. The molecule has 1 saturated heterocycles. The van der Waals surface area contributed by atoms with E-state index in [0.717, 1.165) is 38.2 Å². The van der Waals surface area contributed by atoms with Crippen molar-refractivity contribution in [1.82, 2.24) is 24.9 Å². The quantitative estimate of drug-likeness (QED) is 0.875. The van der Waals surface area contributed by atoms with Crippen LogP contribution in [0.1, 0.15) is 18.9 Å². The van der Waals surface area contributed by atoms with Crippen LogP contribution in [0.15, 0.2) is 12.4 Å². The van der Waals surface area contributed by atoms with Crippen molar-refractivity contribution in [3.63, 3.8) is 0 Å². The largest absolute Gasteiger partial charge is 0.334 e.